The number of hydrogen-bond acceptors (Lipinski definition) is 6. The second kappa shape index (κ2) is 8.54. The van der Waals surface area contributed by atoms with Gasteiger partial charge >= 0.3 is 0 Å². The highest BCUT2D eigenvalue weighted by atomic mass is 32.1. The maximum atomic E-state index is 12.4. The van der Waals surface area contributed by atoms with Gasteiger partial charge in [-0.2, -0.15) is 0 Å². The SMILES string of the molecule is COc1cc(C)ccc1OC(C)C(=O)NCc1sc(-c2cccs2)nc1C. The molecule has 0 aliphatic carbocycles. The van der Waals surface area contributed by atoms with Crippen LogP contribution >= 0.6 is 22.7 Å². The molecule has 2 aromatic heterocycles. The molecular weight excluding hydrogens is 380 g/mol. The Kier molecular flexibility index (Phi) is 6.13. The van der Waals surface area contributed by atoms with Crippen molar-refractivity contribution in [2.75, 3.05) is 7.11 Å². The Balaban J connectivity index is 1.61. The molecule has 1 amide bonds. The van der Waals surface area contributed by atoms with E-state index in [9.17, 15) is 4.79 Å². The minimum absolute atomic E-state index is 0.178. The van der Waals surface area contributed by atoms with Crippen LogP contribution in [0.15, 0.2) is 35.7 Å². The zero-order chi connectivity index (χ0) is 19.4. The number of nitrogens with zero attached hydrogens (tertiary/aromatic N) is 1. The van der Waals surface area contributed by atoms with Crippen LogP contribution in [-0.4, -0.2) is 24.1 Å². The normalized spacial score (nSPS) is 11.9. The Morgan fingerprint density at radius 3 is 2.78 bits per heavy atom. The molecule has 142 valence electrons. The van der Waals surface area contributed by atoms with Gasteiger partial charge in [-0.05, 0) is 49.9 Å². The number of hydrogen-bond donors (Lipinski definition) is 1. The summed E-state index contributed by atoms with van der Waals surface area (Å²) in [6.07, 6.45) is -0.633. The van der Waals surface area contributed by atoms with Crippen molar-refractivity contribution in [3.05, 3.63) is 51.8 Å². The van der Waals surface area contributed by atoms with E-state index in [2.05, 4.69) is 16.4 Å². The number of carbonyl (C=O) groups excluding carboxylic acids is 1. The number of rotatable bonds is 7. The maximum Gasteiger partial charge on any atom is 0.261 e. The first kappa shape index (κ1) is 19.4. The van der Waals surface area contributed by atoms with Gasteiger partial charge in [-0.3, -0.25) is 4.79 Å². The van der Waals surface area contributed by atoms with Crippen LogP contribution in [0.1, 0.15) is 23.1 Å². The molecule has 7 heteroatoms. The first-order valence-electron chi connectivity index (χ1n) is 8.57. The highest BCUT2D eigenvalue weighted by Crippen LogP contribution is 2.31. The second-order valence-electron chi connectivity index (χ2n) is 6.14. The van der Waals surface area contributed by atoms with Crippen molar-refractivity contribution in [2.45, 2.75) is 33.4 Å². The van der Waals surface area contributed by atoms with Crippen LogP contribution in [0.3, 0.4) is 0 Å². The number of methoxy groups -OCH3 is 1. The molecule has 1 aromatic carbocycles. The van der Waals surface area contributed by atoms with Gasteiger partial charge in [0.15, 0.2) is 17.6 Å². The van der Waals surface area contributed by atoms with E-state index in [0.717, 1.165) is 26.0 Å². The lowest BCUT2D eigenvalue weighted by molar-refractivity contribution is -0.127. The molecule has 0 saturated carbocycles. The number of ether oxygens (including phenoxy) is 2. The monoisotopic (exact) mass is 402 g/mol. The Hall–Kier alpha value is -2.38. The van der Waals surface area contributed by atoms with Crippen molar-refractivity contribution in [1.82, 2.24) is 10.3 Å². The smallest absolute Gasteiger partial charge is 0.261 e. The second-order valence-corrected chi connectivity index (χ2v) is 8.17. The molecule has 1 N–H and O–H groups in total. The molecule has 5 nitrogen and oxygen atoms in total. The summed E-state index contributed by atoms with van der Waals surface area (Å²) in [5.74, 6) is 0.997. The highest BCUT2D eigenvalue weighted by Gasteiger charge is 2.18. The summed E-state index contributed by atoms with van der Waals surface area (Å²) in [4.78, 5) is 19.2. The molecule has 0 saturated heterocycles. The Morgan fingerprint density at radius 2 is 2.07 bits per heavy atom. The number of thiophene rings is 1. The van der Waals surface area contributed by atoms with Crippen LogP contribution in [0.25, 0.3) is 9.88 Å². The third-order valence-electron chi connectivity index (χ3n) is 4.04. The van der Waals surface area contributed by atoms with E-state index >= 15 is 0 Å². The predicted octanol–water partition coefficient (Wildman–Crippen LogP) is 4.58. The summed E-state index contributed by atoms with van der Waals surface area (Å²) in [7, 11) is 1.59. The lowest BCUT2D eigenvalue weighted by Crippen LogP contribution is -2.35. The van der Waals surface area contributed by atoms with Crippen molar-refractivity contribution in [3.63, 3.8) is 0 Å². The lowest BCUT2D eigenvalue weighted by Gasteiger charge is -2.17. The first-order valence-corrected chi connectivity index (χ1v) is 10.3. The predicted molar refractivity (Wildman–Crippen MR) is 110 cm³/mol. The van der Waals surface area contributed by atoms with E-state index in [0.29, 0.717) is 18.0 Å². The van der Waals surface area contributed by atoms with E-state index in [4.69, 9.17) is 9.47 Å². The summed E-state index contributed by atoms with van der Waals surface area (Å²) in [6.45, 7) is 6.11. The third-order valence-corrected chi connectivity index (χ3v) is 6.24. The standard InChI is InChI=1S/C20H22N2O3S2/c1-12-7-8-15(16(10-12)24-4)25-14(3)19(23)21-11-18-13(2)22-20(27-18)17-6-5-9-26-17/h5-10,14H,11H2,1-4H3,(H,21,23). The number of carbonyl (C=O) groups is 1. The van der Waals surface area contributed by atoms with E-state index in [1.54, 1.807) is 36.7 Å². The average molecular weight is 403 g/mol. The summed E-state index contributed by atoms with van der Waals surface area (Å²) >= 11 is 3.27. The van der Waals surface area contributed by atoms with E-state index in [-0.39, 0.29) is 5.91 Å². The van der Waals surface area contributed by atoms with Gasteiger partial charge in [-0.15, -0.1) is 22.7 Å². The molecule has 3 rings (SSSR count). The molecule has 1 atom stereocenters. The molecule has 3 aromatic rings. The van der Waals surface area contributed by atoms with E-state index < -0.39 is 6.10 Å². The van der Waals surface area contributed by atoms with Gasteiger partial charge in [-0.1, -0.05) is 12.1 Å². The maximum absolute atomic E-state index is 12.4. The minimum atomic E-state index is -0.633. The molecule has 0 spiro atoms. The fourth-order valence-electron chi connectivity index (χ4n) is 2.52. The Labute approximate surface area is 167 Å². The quantitative estimate of drug-likeness (QED) is 0.628. The van der Waals surface area contributed by atoms with Gasteiger partial charge in [0.1, 0.15) is 5.01 Å². The minimum Gasteiger partial charge on any atom is -0.493 e. The summed E-state index contributed by atoms with van der Waals surface area (Å²) in [6, 6.07) is 9.69. The van der Waals surface area contributed by atoms with Crippen molar-refractivity contribution >= 4 is 28.6 Å². The van der Waals surface area contributed by atoms with Gasteiger partial charge < -0.3 is 14.8 Å². The van der Waals surface area contributed by atoms with Crippen molar-refractivity contribution in [2.24, 2.45) is 0 Å². The number of amides is 1. The molecule has 0 aliphatic heterocycles. The molecule has 1 unspecified atom stereocenters. The summed E-state index contributed by atoms with van der Waals surface area (Å²) < 4.78 is 11.1. The van der Waals surface area contributed by atoms with Crippen molar-refractivity contribution in [3.8, 4) is 21.4 Å². The van der Waals surface area contributed by atoms with Crippen LogP contribution in [0.2, 0.25) is 0 Å². The van der Waals surface area contributed by atoms with Gasteiger partial charge in [0.05, 0.1) is 24.2 Å². The summed E-state index contributed by atoms with van der Waals surface area (Å²) in [5.41, 5.74) is 2.01. The first-order chi connectivity index (χ1) is 13.0. The molecule has 2 heterocycles. The van der Waals surface area contributed by atoms with Gasteiger partial charge in [0, 0.05) is 4.88 Å². The number of nitrogens with one attached hydrogen (secondary N) is 1. The number of aryl methyl sites for hydroxylation is 2. The molecule has 0 bridgehead atoms. The van der Waals surface area contributed by atoms with E-state index in [1.807, 2.05) is 43.5 Å². The van der Waals surface area contributed by atoms with Crippen molar-refractivity contribution in [1.29, 1.82) is 0 Å². The molecule has 0 aliphatic rings. The van der Waals surface area contributed by atoms with Crippen molar-refractivity contribution < 1.29 is 14.3 Å². The molecule has 0 radical (unpaired) electrons. The Bertz CT molecular complexity index is 919. The zero-order valence-electron chi connectivity index (χ0n) is 15.7. The number of aromatic nitrogens is 1. The van der Waals surface area contributed by atoms with Crippen LogP contribution < -0.4 is 14.8 Å². The number of benzene rings is 1. The highest BCUT2D eigenvalue weighted by molar-refractivity contribution is 7.21. The molecule has 0 fully saturated rings. The zero-order valence-corrected chi connectivity index (χ0v) is 17.4. The third kappa shape index (κ3) is 4.67. The average Bonchev–Trinajstić information content (AvgIpc) is 3.30. The lowest BCUT2D eigenvalue weighted by atomic mass is 10.2. The molecular formula is C20H22N2O3S2. The fraction of sp³-hybridized carbons (Fsp3) is 0.300. The molecule has 27 heavy (non-hydrogen) atoms. The van der Waals surface area contributed by atoms with Crippen LogP contribution in [0.4, 0.5) is 0 Å². The van der Waals surface area contributed by atoms with Gasteiger partial charge in [0.2, 0.25) is 0 Å². The van der Waals surface area contributed by atoms with Crippen LogP contribution in [-0.2, 0) is 11.3 Å². The van der Waals surface area contributed by atoms with Gasteiger partial charge in [0.25, 0.3) is 5.91 Å². The summed E-state index contributed by atoms with van der Waals surface area (Å²) in [5, 5.41) is 5.96. The van der Waals surface area contributed by atoms with Crippen LogP contribution in [0.5, 0.6) is 11.5 Å². The topological polar surface area (TPSA) is 60.5 Å². The Morgan fingerprint density at radius 1 is 1.26 bits per heavy atom. The number of thiazole rings is 1. The van der Waals surface area contributed by atoms with Crippen LogP contribution in [0, 0.1) is 13.8 Å². The largest absolute Gasteiger partial charge is 0.493 e. The van der Waals surface area contributed by atoms with E-state index in [1.165, 1.54) is 0 Å². The van der Waals surface area contributed by atoms with Gasteiger partial charge in [-0.25, -0.2) is 4.98 Å². The fourth-order valence-corrected chi connectivity index (χ4v) is 4.32.